The molecule has 6 amide bonds. The van der Waals surface area contributed by atoms with E-state index in [4.69, 9.17) is 9.57 Å². The van der Waals surface area contributed by atoms with E-state index in [9.17, 15) is 19.2 Å². The third kappa shape index (κ3) is 5.99. The Bertz CT molecular complexity index is 975. The largest absolute Gasteiger partial charge is 0.444 e. The highest BCUT2D eigenvalue weighted by Gasteiger charge is 2.48. The van der Waals surface area contributed by atoms with Gasteiger partial charge in [0.1, 0.15) is 18.2 Å². The van der Waals surface area contributed by atoms with Crippen LogP contribution < -0.4 is 10.9 Å². The van der Waals surface area contributed by atoms with Crippen LogP contribution in [0.4, 0.5) is 14.4 Å². The number of benzene rings is 1. The number of hydrogen-bond donors (Lipinski definition) is 2. The summed E-state index contributed by atoms with van der Waals surface area (Å²) in [5.41, 5.74) is 5.25. The van der Waals surface area contributed by atoms with Gasteiger partial charge in [0.05, 0.1) is 6.04 Å². The van der Waals surface area contributed by atoms with Crippen LogP contribution in [0.15, 0.2) is 30.3 Å². The average Bonchev–Trinajstić information content (AvgIpc) is 3.09. The zero-order valence-corrected chi connectivity index (χ0v) is 20.9. The van der Waals surface area contributed by atoms with E-state index in [0.29, 0.717) is 45.6 Å². The van der Waals surface area contributed by atoms with Gasteiger partial charge in [-0.1, -0.05) is 30.3 Å². The van der Waals surface area contributed by atoms with Crippen molar-refractivity contribution < 1.29 is 28.8 Å². The molecule has 4 rings (SSSR count). The summed E-state index contributed by atoms with van der Waals surface area (Å²) in [6.45, 7) is 7.35. The first-order valence-electron chi connectivity index (χ1n) is 12.2. The molecule has 2 unspecified atom stereocenters. The fourth-order valence-electron chi connectivity index (χ4n) is 4.48. The maximum atomic E-state index is 12.9. The molecule has 0 radical (unpaired) electrons. The third-order valence-electron chi connectivity index (χ3n) is 6.35. The molecule has 0 aromatic heterocycles. The van der Waals surface area contributed by atoms with Crippen LogP contribution in [0.2, 0.25) is 0 Å². The summed E-state index contributed by atoms with van der Waals surface area (Å²) in [7, 11) is 0. The van der Waals surface area contributed by atoms with Crippen molar-refractivity contribution in [2.75, 3.05) is 32.7 Å². The van der Waals surface area contributed by atoms with Gasteiger partial charge in [-0.25, -0.2) is 19.8 Å². The minimum Gasteiger partial charge on any atom is -0.444 e. The molecule has 0 aliphatic carbocycles. The van der Waals surface area contributed by atoms with Crippen molar-refractivity contribution in [1.29, 1.82) is 0 Å². The number of carbonyl (C=O) groups excluding carboxylic acids is 4. The molecule has 1 aromatic carbocycles. The molecule has 2 N–H and O–H groups in total. The van der Waals surface area contributed by atoms with Crippen LogP contribution in [0, 0.1) is 0 Å². The molecule has 3 aliphatic rings. The summed E-state index contributed by atoms with van der Waals surface area (Å²) in [5, 5.41) is 1.36. The van der Waals surface area contributed by atoms with Crippen LogP contribution in [0.1, 0.15) is 39.2 Å². The molecule has 2 atom stereocenters. The monoisotopic (exact) mass is 502 g/mol. The van der Waals surface area contributed by atoms with E-state index < -0.39 is 29.7 Å². The first-order valence-corrected chi connectivity index (χ1v) is 12.2. The number of amides is 6. The number of hydroxylamine groups is 2. The molecule has 3 fully saturated rings. The summed E-state index contributed by atoms with van der Waals surface area (Å²) in [6, 6.07) is 7.94. The Morgan fingerprint density at radius 2 is 1.64 bits per heavy atom. The molecule has 12 nitrogen and oxygen atoms in total. The molecule has 3 heterocycles. The van der Waals surface area contributed by atoms with Gasteiger partial charge in [0, 0.05) is 32.7 Å². The lowest BCUT2D eigenvalue weighted by molar-refractivity contribution is -0.140. The summed E-state index contributed by atoms with van der Waals surface area (Å²) in [4.78, 5) is 60.8. The number of nitrogens with zero attached hydrogens (tertiary/aromatic N) is 4. The van der Waals surface area contributed by atoms with E-state index in [-0.39, 0.29) is 18.7 Å². The van der Waals surface area contributed by atoms with Crippen molar-refractivity contribution in [2.24, 2.45) is 0 Å². The molecule has 0 saturated carbocycles. The van der Waals surface area contributed by atoms with E-state index in [2.05, 4.69) is 10.9 Å². The van der Waals surface area contributed by atoms with Gasteiger partial charge in [0.15, 0.2) is 0 Å². The lowest BCUT2D eigenvalue weighted by Crippen LogP contribution is -2.59. The molecule has 12 heteroatoms. The summed E-state index contributed by atoms with van der Waals surface area (Å²) in [5.74, 6) is -0.451. The van der Waals surface area contributed by atoms with Crippen molar-refractivity contribution in [3.63, 3.8) is 0 Å². The minimum absolute atomic E-state index is 0.110. The Balaban J connectivity index is 1.22. The maximum Gasteiger partial charge on any atom is 0.410 e. The van der Waals surface area contributed by atoms with E-state index in [1.807, 2.05) is 30.3 Å². The van der Waals surface area contributed by atoms with E-state index >= 15 is 0 Å². The molecule has 196 valence electrons. The molecule has 1 aromatic rings. The van der Waals surface area contributed by atoms with Gasteiger partial charge in [-0.15, -0.1) is 0 Å². The number of fused-ring (bicyclic) bond motifs is 2. The smallest absolute Gasteiger partial charge is 0.410 e. The van der Waals surface area contributed by atoms with Crippen molar-refractivity contribution in [3.8, 4) is 0 Å². The highest BCUT2D eigenvalue weighted by atomic mass is 16.7. The van der Waals surface area contributed by atoms with Crippen molar-refractivity contribution in [1.82, 2.24) is 30.6 Å². The van der Waals surface area contributed by atoms with Crippen molar-refractivity contribution >= 4 is 24.1 Å². The van der Waals surface area contributed by atoms with Gasteiger partial charge < -0.3 is 19.4 Å². The summed E-state index contributed by atoms with van der Waals surface area (Å²) >= 11 is 0. The highest BCUT2D eigenvalue weighted by Crippen LogP contribution is 2.30. The summed E-state index contributed by atoms with van der Waals surface area (Å²) in [6.07, 6.45) is 0.677. The third-order valence-corrected chi connectivity index (χ3v) is 6.35. The average molecular weight is 503 g/mol. The second-order valence-electron chi connectivity index (χ2n) is 10.1. The number of piperazine rings is 1. The number of rotatable bonds is 4. The van der Waals surface area contributed by atoms with Gasteiger partial charge in [0.25, 0.3) is 5.91 Å². The molecule has 0 spiro atoms. The first kappa shape index (κ1) is 25.5. The van der Waals surface area contributed by atoms with E-state index in [1.165, 1.54) is 14.9 Å². The lowest BCUT2D eigenvalue weighted by Gasteiger charge is -2.35. The Labute approximate surface area is 210 Å². The van der Waals surface area contributed by atoms with Gasteiger partial charge in [-0.2, -0.15) is 5.06 Å². The second kappa shape index (κ2) is 10.6. The molecule has 36 heavy (non-hydrogen) atoms. The van der Waals surface area contributed by atoms with Gasteiger partial charge in [0.2, 0.25) is 0 Å². The van der Waals surface area contributed by atoms with Crippen molar-refractivity contribution in [3.05, 3.63) is 35.9 Å². The van der Waals surface area contributed by atoms with Crippen LogP contribution in [-0.2, 0) is 21.0 Å². The number of piperidine rings is 1. The molecule has 2 bridgehead atoms. The Morgan fingerprint density at radius 3 is 2.31 bits per heavy atom. The van der Waals surface area contributed by atoms with Gasteiger partial charge >= 0.3 is 18.2 Å². The fraction of sp³-hybridized carbons (Fsp3) is 0.583. The molecular weight excluding hydrogens is 468 g/mol. The van der Waals surface area contributed by atoms with Crippen LogP contribution in [0.5, 0.6) is 0 Å². The standard InChI is InChI=1S/C24H34N6O6/c1-24(2,3)36-23(34)28-13-11-27(12-14-28)21(32)26-25-20(31)19-10-9-18-15-29(19)22(33)30(18)35-16-17-7-5-4-6-8-17/h4-8,18-19H,9-16H2,1-3H3,(H,25,31)(H,26,32). The number of ether oxygens (including phenoxy) is 1. The van der Waals surface area contributed by atoms with Crippen LogP contribution in [-0.4, -0.2) is 94.2 Å². The van der Waals surface area contributed by atoms with Crippen LogP contribution in [0.3, 0.4) is 0 Å². The minimum atomic E-state index is -0.691. The zero-order chi connectivity index (χ0) is 25.9. The Hall–Kier alpha value is -3.54. The van der Waals surface area contributed by atoms with Crippen LogP contribution >= 0.6 is 0 Å². The zero-order valence-electron chi connectivity index (χ0n) is 20.9. The number of urea groups is 2. The SMILES string of the molecule is CC(C)(C)OC(=O)N1CCN(C(=O)NNC(=O)C2CCC3CN2C(=O)N3OCc2ccccc2)CC1. The first-order chi connectivity index (χ1) is 17.1. The topological polar surface area (TPSA) is 124 Å². The maximum absolute atomic E-state index is 12.9. The molecular formula is C24H34N6O6. The van der Waals surface area contributed by atoms with E-state index in [1.54, 1.807) is 25.7 Å². The quantitative estimate of drug-likeness (QED) is 0.604. The number of hydrogen-bond acceptors (Lipinski definition) is 6. The predicted molar refractivity (Wildman–Crippen MR) is 128 cm³/mol. The highest BCUT2D eigenvalue weighted by molar-refractivity contribution is 5.89. The summed E-state index contributed by atoms with van der Waals surface area (Å²) < 4.78 is 5.36. The second-order valence-corrected chi connectivity index (χ2v) is 10.1. The van der Waals surface area contributed by atoms with Gasteiger partial charge in [-0.3, -0.25) is 15.1 Å². The van der Waals surface area contributed by atoms with E-state index in [0.717, 1.165) is 5.56 Å². The number of hydrazine groups is 1. The van der Waals surface area contributed by atoms with Crippen LogP contribution in [0.25, 0.3) is 0 Å². The number of carbonyl (C=O) groups is 4. The normalized spacial score (nSPS) is 21.9. The Morgan fingerprint density at radius 1 is 0.972 bits per heavy atom. The lowest BCUT2D eigenvalue weighted by atomic mass is 10.0. The Kier molecular flexibility index (Phi) is 7.53. The molecule has 3 saturated heterocycles. The molecule has 3 aliphatic heterocycles. The van der Waals surface area contributed by atoms with Crippen molar-refractivity contribution in [2.45, 2.75) is 57.9 Å². The van der Waals surface area contributed by atoms with Gasteiger partial charge in [-0.05, 0) is 39.2 Å². The number of nitrogens with one attached hydrogen (secondary N) is 2. The fourth-order valence-corrected chi connectivity index (χ4v) is 4.48. The predicted octanol–water partition coefficient (Wildman–Crippen LogP) is 1.68.